The molecule has 0 fully saturated rings. The lowest BCUT2D eigenvalue weighted by molar-refractivity contribution is 0.474. The fourth-order valence-electron chi connectivity index (χ4n) is 3.70. The monoisotopic (exact) mass is 486 g/mol. The molecule has 0 aliphatic rings. The van der Waals surface area contributed by atoms with Crippen LogP contribution in [-0.2, 0) is 17.1 Å². The zero-order valence-corrected chi connectivity index (χ0v) is 20.2. The number of thiophene rings is 1. The average Bonchev–Trinajstić information content (AvgIpc) is 3.24. The van der Waals surface area contributed by atoms with Crippen molar-refractivity contribution in [3.8, 4) is 22.6 Å². The number of hydrogen-bond acceptors (Lipinski definition) is 5. The highest BCUT2D eigenvalue weighted by Gasteiger charge is 2.18. The SMILES string of the molecule is CCS(=O)(=O)Nc1ccc(Oc2c(C)cc(F)cc2C)c(-c2cn(C)c(=O)c3sccc23)c1. The molecule has 0 atom stereocenters. The third kappa shape index (κ3) is 4.51. The van der Waals surface area contributed by atoms with Crippen molar-refractivity contribution in [1.29, 1.82) is 0 Å². The van der Waals surface area contributed by atoms with E-state index in [4.69, 9.17) is 4.74 Å². The summed E-state index contributed by atoms with van der Waals surface area (Å²) < 4.78 is 49.0. The molecule has 33 heavy (non-hydrogen) atoms. The molecule has 1 N–H and O–H groups in total. The highest BCUT2D eigenvalue weighted by molar-refractivity contribution is 7.92. The van der Waals surface area contributed by atoms with E-state index >= 15 is 0 Å². The van der Waals surface area contributed by atoms with Gasteiger partial charge in [-0.15, -0.1) is 11.3 Å². The van der Waals surface area contributed by atoms with E-state index in [-0.39, 0.29) is 17.1 Å². The number of hydrogen-bond donors (Lipinski definition) is 1. The molecule has 0 amide bonds. The van der Waals surface area contributed by atoms with E-state index in [0.717, 1.165) is 10.9 Å². The number of anilines is 1. The van der Waals surface area contributed by atoms with E-state index in [0.29, 0.717) is 38.6 Å². The van der Waals surface area contributed by atoms with Crippen molar-refractivity contribution in [2.45, 2.75) is 20.8 Å². The van der Waals surface area contributed by atoms with E-state index < -0.39 is 10.0 Å². The minimum absolute atomic E-state index is 0.0663. The molecule has 0 bridgehead atoms. The summed E-state index contributed by atoms with van der Waals surface area (Å²) in [6.45, 7) is 5.08. The van der Waals surface area contributed by atoms with Gasteiger partial charge in [-0.25, -0.2) is 12.8 Å². The lowest BCUT2D eigenvalue weighted by Crippen LogP contribution is -2.16. The van der Waals surface area contributed by atoms with Gasteiger partial charge < -0.3 is 9.30 Å². The predicted molar refractivity (Wildman–Crippen MR) is 132 cm³/mol. The summed E-state index contributed by atoms with van der Waals surface area (Å²) in [4.78, 5) is 12.6. The number of benzene rings is 2. The van der Waals surface area contributed by atoms with Gasteiger partial charge in [-0.1, -0.05) is 0 Å². The zero-order valence-electron chi connectivity index (χ0n) is 18.6. The molecule has 0 unspecified atom stereocenters. The first-order valence-corrected chi connectivity index (χ1v) is 12.8. The number of rotatable bonds is 6. The summed E-state index contributed by atoms with van der Waals surface area (Å²) in [7, 11) is -1.82. The van der Waals surface area contributed by atoms with Crippen LogP contribution in [0.3, 0.4) is 0 Å². The maximum atomic E-state index is 13.8. The van der Waals surface area contributed by atoms with E-state index in [9.17, 15) is 17.6 Å². The quantitative estimate of drug-likeness (QED) is 0.386. The van der Waals surface area contributed by atoms with Crippen molar-refractivity contribution >= 4 is 37.1 Å². The topological polar surface area (TPSA) is 77.4 Å². The number of nitrogens with one attached hydrogen (secondary N) is 1. The molecule has 0 aliphatic carbocycles. The fraction of sp³-hybridized carbons (Fsp3) is 0.208. The third-order valence-electron chi connectivity index (χ3n) is 5.35. The lowest BCUT2D eigenvalue weighted by Gasteiger charge is -2.18. The molecule has 0 saturated carbocycles. The summed E-state index contributed by atoms with van der Waals surface area (Å²) in [5.41, 5.74) is 2.86. The van der Waals surface area contributed by atoms with E-state index in [1.165, 1.54) is 28.0 Å². The first kappa shape index (κ1) is 23.0. The van der Waals surface area contributed by atoms with Crippen LogP contribution in [0.4, 0.5) is 10.1 Å². The molecule has 0 aliphatic heterocycles. The minimum atomic E-state index is -3.49. The van der Waals surface area contributed by atoms with Gasteiger partial charge in [-0.2, -0.15) is 0 Å². The van der Waals surface area contributed by atoms with Crippen LogP contribution in [0.2, 0.25) is 0 Å². The number of halogens is 1. The Labute approximate surface area is 195 Å². The highest BCUT2D eigenvalue weighted by atomic mass is 32.2. The summed E-state index contributed by atoms with van der Waals surface area (Å²) in [5, 5.41) is 2.59. The van der Waals surface area contributed by atoms with Crippen molar-refractivity contribution in [3.05, 3.63) is 75.3 Å². The molecule has 172 valence electrons. The lowest BCUT2D eigenvalue weighted by atomic mass is 10.0. The zero-order chi connectivity index (χ0) is 23.9. The van der Waals surface area contributed by atoms with Crippen molar-refractivity contribution in [3.63, 3.8) is 0 Å². The maximum absolute atomic E-state index is 13.8. The van der Waals surface area contributed by atoms with Gasteiger partial charge in [0.2, 0.25) is 10.0 Å². The normalized spacial score (nSPS) is 11.7. The number of ether oxygens (including phenoxy) is 1. The second-order valence-corrected chi connectivity index (χ2v) is 10.7. The van der Waals surface area contributed by atoms with E-state index in [1.54, 1.807) is 52.2 Å². The smallest absolute Gasteiger partial charge is 0.268 e. The summed E-state index contributed by atoms with van der Waals surface area (Å²) in [5.74, 6) is 0.563. The number of aromatic nitrogens is 1. The predicted octanol–water partition coefficient (Wildman–Crippen LogP) is 5.58. The molecule has 0 saturated heterocycles. The van der Waals surface area contributed by atoms with Gasteiger partial charge >= 0.3 is 0 Å². The third-order valence-corrected chi connectivity index (χ3v) is 7.56. The summed E-state index contributed by atoms with van der Waals surface area (Å²) in [6.07, 6.45) is 1.71. The van der Waals surface area contributed by atoms with Gasteiger partial charge in [-0.3, -0.25) is 9.52 Å². The number of nitrogens with zero attached hydrogens (tertiary/aromatic N) is 1. The van der Waals surface area contributed by atoms with Crippen LogP contribution in [0.5, 0.6) is 11.5 Å². The molecule has 2 heterocycles. The molecule has 2 aromatic heterocycles. The standard InChI is InChI=1S/C24H23FN2O4S2/c1-5-33(29,30)26-17-6-7-21(31-22-14(2)10-16(25)11-15(22)3)19(12-17)20-13-27(4)24(28)23-18(20)8-9-32-23/h6-13,26H,5H2,1-4H3. The Bertz CT molecular complexity index is 1520. The summed E-state index contributed by atoms with van der Waals surface area (Å²) >= 11 is 1.34. The first-order chi connectivity index (χ1) is 15.6. The molecule has 0 spiro atoms. The minimum Gasteiger partial charge on any atom is -0.456 e. The second kappa shape index (κ2) is 8.64. The van der Waals surface area contributed by atoms with Crippen LogP contribution in [-0.4, -0.2) is 18.7 Å². The number of sulfonamides is 1. The molecule has 4 rings (SSSR count). The average molecular weight is 487 g/mol. The molecular weight excluding hydrogens is 463 g/mol. The molecule has 2 aromatic carbocycles. The Morgan fingerprint density at radius 1 is 1.09 bits per heavy atom. The van der Waals surface area contributed by atoms with Crippen molar-refractivity contribution in [1.82, 2.24) is 4.57 Å². The molecule has 4 aromatic rings. The Balaban J connectivity index is 1.95. The Morgan fingerprint density at radius 3 is 2.45 bits per heavy atom. The van der Waals surface area contributed by atoms with Crippen LogP contribution in [0.1, 0.15) is 18.1 Å². The first-order valence-electron chi connectivity index (χ1n) is 10.3. The molecule has 6 nitrogen and oxygen atoms in total. The van der Waals surface area contributed by atoms with E-state index in [1.807, 2.05) is 11.4 Å². The number of pyridine rings is 1. The van der Waals surface area contributed by atoms with Crippen molar-refractivity contribution in [2.75, 3.05) is 10.5 Å². The Kier molecular flexibility index (Phi) is 6.02. The number of aryl methyl sites for hydroxylation is 3. The van der Waals surface area contributed by atoms with Crippen LogP contribution in [0.15, 0.2) is 52.8 Å². The second-order valence-electron chi connectivity index (χ2n) is 7.81. The largest absolute Gasteiger partial charge is 0.456 e. The van der Waals surface area contributed by atoms with Crippen molar-refractivity contribution in [2.24, 2.45) is 7.05 Å². The fourth-order valence-corrected chi connectivity index (χ4v) is 5.22. The highest BCUT2D eigenvalue weighted by Crippen LogP contribution is 2.40. The van der Waals surface area contributed by atoms with Gasteiger partial charge in [0.25, 0.3) is 5.56 Å². The van der Waals surface area contributed by atoms with Crippen LogP contribution < -0.4 is 15.0 Å². The van der Waals surface area contributed by atoms with Crippen LogP contribution >= 0.6 is 11.3 Å². The molecule has 9 heteroatoms. The molecule has 0 radical (unpaired) electrons. The van der Waals surface area contributed by atoms with Crippen molar-refractivity contribution < 1.29 is 17.5 Å². The van der Waals surface area contributed by atoms with Gasteiger partial charge in [0.1, 0.15) is 22.0 Å². The van der Waals surface area contributed by atoms with E-state index in [2.05, 4.69) is 4.72 Å². The van der Waals surface area contributed by atoms with Crippen LogP contribution in [0, 0.1) is 19.7 Å². The van der Waals surface area contributed by atoms with Gasteiger partial charge in [0.15, 0.2) is 0 Å². The summed E-state index contributed by atoms with van der Waals surface area (Å²) in [6, 6.07) is 9.64. The number of fused-ring (bicyclic) bond motifs is 1. The molecular formula is C24H23FN2O4S2. The Morgan fingerprint density at radius 2 is 1.79 bits per heavy atom. The van der Waals surface area contributed by atoms with Gasteiger partial charge in [-0.05, 0) is 73.7 Å². The van der Waals surface area contributed by atoms with Crippen LogP contribution in [0.25, 0.3) is 21.2 Å². The Hall–Kier alpha value is -3.17. The maximum Gasteiger partial charge on any atom is 0.268 e. The van der Waals surface area contributed by atoms with Gasteiger partial charge in [0, 0.05) is 35.4 Å². The van der Waals surface area contributed by atoms with Gasteiger partial charge in [0.05, 0.1) is 5.75 Å².